The van der Waals surface area contributed by atoms with E-state index in [2.05, 4.69) is 49.4 Å². The van der Waals surface area contributed by atoms with Crippen LogP contribution in [-0.2, 0) is 24.6 Å². The molecule has 0 spiro atoms. The Morgan fingerprint density at radius 2 is 1.74 bits per heavy atom. The Hall–Kier alpha value is -5.11. The smallest absolute Gasteiger partial charge is 0.303 e. The lowest BCUT2D eigenvalue weighted by Gasteiger charge is -2.16. The third-order valence-corrected chi connectivity index (χ3v) is 6.57. The molecule has 214 valence electrons. The predicted octanol–water partition coefficient (Wildman–Crippen LogP) is 7.03. The lowest BCUT2D eigenvalue weighted by atomic mass is 9.97. The van der Waals surface area contributed by atoms with Crippen LogP contribution in [0, 0.1) is 36.9 Å². The topological polar surface area (TPSA) is 91.6 Å². The number of benzene rings is 4. The summed E-state index contributed by atoms with van der Waals surface area (Å²) in [7, 11) is 0. The average Bonchev–Trinajstić information content (AvgIpc) is 3.02. The van der Waals surface area contributed by atoms with Crippen molar-refractivity contribution >= 4 is 5.97 Å². The van der Waals surface area contributed by atoms with Crippen LogP contribution >= 0.6 is 0 Å². The third kappa shape index (κ3) is 8.96. The maximum Gasteiger partial charge on any atom is 0.303 e. The standard InChI is InChI=1S/C33H31FN2O4.C2H2/c1-23-27(9-5-10-30(23)25-7-3-2-4-8-25)22-39-29-14-13-26(20-36-16-6-11-33(37)38)32(18-29)40-21-24-12-15-31(34)28(17-24)19-35;1-2/h2-5,7-10,12-15,17-18,36H,6,11,16,20-22H2,1H3,(H,37,38);1-2H. The maximum atomic E-state index is 13.8. The van der Waals surface area contributed by atoms with Crippen molar-refractivity contribution in [3.05, 3.63) is 119 Å². The van der Waals surface area contributed by atoms with Crippen LogP contribution in [0.25, 0.3) is 11.1 Å². The molecule has 0 atom stereocenters. The molecule has 7 heteroatoms. The highest BCUT2D eigenvalue weighted by atomic mass is 19.1. The van der Waals surface area contributed by atoms with Gasteiger partial charge in [0.1, 0.15) is 36.6 Å². The number of nitrogens with zero attached hydrogens (tertiary/aromatic N) is 1. The van der Waals surface area contributed by atoms with Gasteiger partial charge in [0.25, 0.3) is 0 Å². The van der Waals surface area contributed by atoms with E-state index in [0.717, 1.165) is 27.8 Å². The van der Waals surface area contributed by atoms with Crippen molar-refractivity contribution in [2.24, 2.45) is 0 Å². The van der Waals surface area contributed by atoms with E-state index in [9.17, 15) is 9.18 Å². The predicted molar refractivity (Wildman–Crippen MR) is 161 cm³/mol. The summed E-state index contributed by atoms with van der Waals surface area (Å²) in [6.45, 7) is 3.63. The lowest BCUT2D eigenvalue weighted by Crippen LogP contribution is -2.16. The first kappa shape index (κ1) is 31.4. The van der Waals surface area contributed by atoms with Gasteiger partial charge >= 0.3 is 5.97 Å². The summed E-state index contributed by atoms with van der Waals surface area (Å²) in [5, 5.41) is 21.3. The fraction of sp³-hybridized carbons (Fsp3) is 0.200. The molecule has 0 radical (unpaired) electrons. The Kier molecular flexibility index (Phi) is 12.1. The highest BCUT2D eigenvalue weighted by Gasteiger charge is 2.11. The molecule has 0 aromatic heterocycles. The molecule has 0 aliphatic heterocycles. The minimum Gasteiger partial charge on any atom is -0.489 e. The summed E-state index contributed by atoms with van der Waals surface area (Å²) >= 11 is 0. The molecule has 42 heavy (non-hydrogen) atoms. The van der Waals surface area contributed by atoms with E-state index in [0.29, 0.717) is 43.2 Å². The Morgan fingerprint density at radius 3 is 2.48 bits per heavy atom. The fourth-order valence-electron chi connectivity index (χ4n) is 4.33. The van der Waals surface area contributed by atoms with E-state index >= 15 is 0 Å². The molecular formula is C35H33FN2O4. The number of rotatable bonds is 13. The number of nitriles is 1. The van der Waals surface area contributed by atoms with E-state index in [-0.39, 0.29) is 18.6 Å². The second-order valence-electron chi connectivity index (χ2n) is 9.40. The summed E-state index contributed by atoms with van der Waals surface area (Å²) < 4.78 is 26.0. The molecule has 0 heterocycles. The van der Waals surface area contributed by atoms with Gasteiger partial charge in [0.15, 0.2) is 0 Å². The molecule has 0 saturated heterocycles. The van der Waals surface area contributed by atoms with Crippen LogP contribution in [0.5, 0.6) is 11.5 Å². The molecule has 0 saturated carbocycles. The molecule has 0 amide bonds. The molecule has 4 rings (SSSR count). The van der Waals surface area contributed by atoms with Crippen LogP contribution in [-0.4, -0.2) is 17.6 Å². The van der Waals surface area contributed by atoms with Gasteiger partial charge in [-0.3, -0.25) is 4.79 Å². The van der Waals surface area contributed by atoms with Gasteiger partial charge in [-0.2, -0.15) is 5.26 Å². The number of terminal acetylenes is 1. The van der Waals surface area contributed by atoms with Crippen molar-refractivity contribution < 1.29 is 23.8 Å². The van der Waals surface area contributed by atoms with Gasteiger partial charge in [-0.1, -0.05) is 60.7 Å². The largest absolute Gasteiger partial charge is 0.489 e. The van der Waals surface area contributed by atoms with Gasteiger partial charge in [-0.25, -0.2) is 4.39 Å². The Balaban J connectivity index is 0.00000237. The van der Waals surface area contributed by atoms with Crippen LogP contribution in [0.1, 0.15) is 40.7 Å². The second-order valence-corrected chi connectivity index (χ2v) is 9.40. The molecule has 0 fully saturated rings. The van der Waals surface area contributed by atoms with E-state index in [1.54, 1.807) is 6.07 Å². The van der Waals surface area contributed by atoms with Crippen molar-refractivity contribution in [3.8, 4) is 41.5 Å². The zero-order valence-corrected chi connectivity index (χ0v) is 23.5. The Labute approximate surface area is 246 Å². The van der Waals surface area contributed by atoms with E-state index in [1.165, 1.54) is 12.1 Å². The van der Waals surface area contributed by atoms with Crippen LogP contribution < -0.4 is 14.8 Å². The van der Waals surface area contributed by atoms with Crippen LogP contribution in [0.4, 0.5) is 4.39 Å². The number of carbonyl (C=O) groups is 1. The molecule has 0 unspecified atom stereocenters. The molecule has 2 N–H and O–H groups in total. The normalized spacial score (nSPS) is 10.2. The first-order chi connectivity index (χ1) is 20.4. The van der Waals surface area contributed by atoms with Crippen molar-refractivity contribution in [3.63, 3.8) is 0 Å². The van der Waals surface area contributed by atoms with Gasteiger partial charge in [-0.05, 0) is 65.9 Å². The summed E-state index contributed by atoms with van der Waals surface area (Å²) in [4.78, 5) is 10.8. The van der Waals surface area contributed by atoms with Gasteiger partial charge in [0.2, 0.25) is 0 Å². The summed E-state index contributed by atoms with van der Waals surface area (Å²) in [6, 6.07) is 28.2. The lowest BCUT2D eigenvalue weighted by molar-refractivity contribution is -0.137. The minimum absolute atomic E-state index is 0.0355. The number of hydrogen-bond donors (Lipinski definition) is 2. The van der Waals surface area contributed by atoms with Gasteiger partial charge in [-0.15, -0.1) is 12.8 Å². The Morgan fingerprint density at radius 1 is 0.952 bits per heavy atom. The SMILES string of the molecule is C#C.Cc1c(COc2ccc(CNCCCC(=O)O)c(OCc3ccc(F)c(C#N)c3)c2)cccc1-c1ccccc1. The van der Waals surface area contributed by atoms with Gasteiger partial charge in [0, 0.05) is 24.6 Å². The first-order valence-corrected chi connectivity index (χ1v) is 13.4. The fourth-order valence-corrected chi connectivity index (χ4v) is 4.33. The number of nitrogens with one attached hydrogen (secondary N) is 1. The van der Waals surface area contributed by atoms with Crippen molar-refractivity contribution in [2.45, 2.75) is 39.5 Å². The van der Waals surface area contributed by atoms with E-state index < -0.39 is 11.8 Å². The van der Waals surface area contributed by atoms with Gasteiger partial charge in [0.05, 0.1) is 5.56 Å². The van der Waals surface area contributed by atoms with E-state index in [4.69, 9.17) is 19.8 Å². The molecule has 0 bridgehead atoms. The first-order valence-electron chi connectivity index (χ1n) is 13.4. The highest BCUT2D eigenvalue weighted by Crippen LogP contribution is 2.29. The molecular weight excluding hydrogens is 531 g/mol. The molecule has 4 aromatic carbocycles. The number of carboxylic acids is 1. The average molecular weight is 565 g/mol. The van der Waals surface area contributed by atoms with Crippen molar-refractivity contribution in [1.82, 2.24) is 5.32 Å². The zero-order chi connectivity index (χ0) is 30.3. The van der Waals surface area contributed by atoms with Crippen LogP contribution in [0.2, 0.25) is 0 Å². The van der Waals surface area contributed by atoms with Gasteiger partial charge < -0.3 is 19.9 Å². The van der Waals surface area contributed by atoms with E-state index in [1.807, 2.05) is 48.5 Å². The number of ether oxygens (including phenoxy) is 2. The summed E-state index contributed by atoms with van der Waals surface area (Å²) in [5.41, 5.74) is 6.03. The zero-order valence-electron chi connectivity index (χ0n) is 23.5. The van der Waals surface area contributed by atoms with Crippen LogP contribution in [0.15, 0.2) is 84.9 Å². The third-order valence-electron chi connectivity index (χ3n) is 6.57. The monoisotopic (exact) mass is 564 g/mol. The number of carboxylic acid groups (broad SMARTS) is 1. The quantitative estimate of drug-likeness (QED) is 0.134. The molecule has 0 aliphatic carbocycles. The molecule has 4 aromatic rings. The molecule has 0 aliphatic rings. The highest BCUT2D eigenvalue weighted by molar-refractivity contribution is 5.68. The minimum atomic E-state index is -0.826. The van der Waals surface area contributed by atoms with Crippen molar-refractivity contribution in [1.29, 1.82) is 5.26 Å². The maximum absolute atomic E-state index is 13.8. The van der Waals surface area contributed by atoms with Crippen molar-refractivity contribution in [2.75, 3.05) is 6.54 Å². The van der Waals surface area contributed by atoms with Crippen LogP contribution in [0.3, 0.4) is 0 Å². The summed E-state index contributed by atoms with van der Waals surface area (Å²) in [6.07, 6.45) is 8.61. The molecule has 6 nitrogen and oxygen atoms in total. The summed E-state index contributed by atoms with van der Waals surface area (Å²) in [5.74, 6) is -0.181. The Bertz CT molecular complexity index is 1540. The second kappa shape index (κ2) is 16.2. The number of aliphatic carboxylic acids is 1. The number of halogens is 1. The number of hydrogen-bond acceptors (Lipinski definition) is 5.